The Labute approximate surface area is 155 Å². The molecule has 0 atom stereocenters. The van der Waals surface area contributed by atoms with E-state index in [2.05, 4.69) is 5.32 Å². The summed E-state index contributed by atoms with van der Waals surface area (Å²) in [5.41, 5.74) is -1.88. The third-order valence-corrected chi connectivity index (χ3v) is 5.91. The quantitative estimate of drug-likeness (QED) is 0.485. The zero-order valence-corrected chi connectivity index (χ0v) is 15.0. The SMILES string of the molecule is O=C(NCc1cc(C(=O)O)c(-n2c(=O)c2=O)s1)NS(=O)(=O)c1ccccc1. The lowest BCUT2D eigenvalue weighted by molar-refractivity contribution is 0.0697. The number of carbonyl (C=O) groups is 2. The average molecular weight is 409 g/mol. The Kier molecular flexibility index (Phi) is 4.68. The molecule has 1 aromatic carbocycles. The maximum atomic E-state index is 12.0. The molecule has 10 nitrogen and oxygen atoms in total. The summed E-state index contributed by atoms with van der Waals surface area (Å²) in [6.07, 6.45) is 0. The van der Waals surface area contributed by atoms with E-state index in [9.17, 15) is 27.6 Å². The Balaban J connectivity index is 1.70. The molecule has 12 heteroatoms. The Morgan fingerprint density at radius 2 is 1.74 bits per heavy atom. The maximum absolute atomic E-state index is 12.0. The third kappa shape index (κ3) is 3.80. The smallest absolute Gasteiger partial charge is 0.338 e. The molecule has 140 valence electrons. The fraction of sp³-hybridized carbons (Fsp3) is 0.0667. The van der Waals surface area contributed by atoms with Crippen molar-refractivity contribution in [3.63, 3.8) is 0 Å². The Morgan fingerprint density at radius 3 is 2.30 bits per heavy atom. The van der Waals surface area contributed by atoms with Gasteiger partial charge in [-0.25, -0.2) is 27.3 Å². The van der Waals surface area contributed by atoms with Gasteiger partial charge in [0, 0.05) is 4.88 Å². The lowest BCUT2D eigenvalue weighted by atomic mass is 10.3. The van der Waals surface area contributed by atoms with Crippen LogP contribution in [0.5, 0.6) is 0 Å². The van der Waals surface area contributed by atoms with Crippen molar-refractivity contribution < 1.29 is 23.1 Å². The molecule has 0 aliphatic rings. The molecular formula is C15H11N3O7S2. The highest BCUT2D eigenvalue weighted by atomic mass is 32.2. The van der Waals surface area contributed by atoms with Crippen molar-refractivity contribution in [1.29, 1.82) is 0 Å². The number of hydrogen-bond acceptors (Lipinski definition) is 7. The number of hydrogen-bond donors (Lipinski definition) is 3. The van der Waals surface area contributed by atoms with Crippen LogP contribution in [0.15, 0.2) is 50.9 Å². The van der Waals surface area contributed by atoms with Crippen LogP contribution in [-0.2, 0) is 16.6 Å². The molecule has 3 N–H and O–H groups in total. The predicted molar refractivity (Wildman–Crippen MR) is 94.5 cm³/mol. The molecule has 0 saturated carbocycles. The molecule has 0 spiro atoms. The Hall–Kier alpha value is -3.25. The Morgan fingerprint density at radius 1 is 1.11 bits per heavy atom. The largest absolute Gasteiger partial charge is 0.478 e. The van der Waals surface area contributed by atoms with Gasteiger partial charge < -0.3 is 10.4 Å². The first-order valence-electron chi connectivity index (χ1n) is 7.31. The van der Waals surface area contributed by atoms with Gasteiger partial charge in [0.2, 0.25) is 0 Å². The van der Waals surface area contributed by atoms with Gasteiger partial charge in [-0.3, -0.25) is 9.59 Å². The second-order valence-corrected chi connectivity index (χ2v) is 8.08. The molecule has 0 unspecified atom stereocenters. The average Bonchev–Trinajstić information content (AvgIpc) is 3.03. The number of urea groups is 1. The van der Waals surface area contributed by atoms with E-state index >= 15 is 0 Å². The zero-order valence-electron chi connectivity index (χ0n) is 13.3. The third-order valence-electron chi connectivity index (χ3n) is 3.44. The number of carboxylic acid groups (broad SMARTS) is 1. The fourth-order valence-electron chi connectivity index (χ4n) is 2.14. The van der Waals surface area contributed by atoms with Crippen molar-refractivity contribution >= 4 is 33.4 Å². The van der Waals surface area contributed by atoms with Crippen molar-refractivity contribution in [2.24, 2.45) is 0 Å². The Bertz CT molecular complexity index is 1180. The molecule has 3 aromatic rings. The van der Waals surface area contributed by atoms with E-state index in [1.165, 1.54) is 30.3 Å². The summed E-state index contributed by atoms with van der Waals surface area (Å²) in [7, 11) is -4.05. The second kappa shape index (κ2) is 6.81. The van der Waals surface area contributed by atoms with Gasteiger partial charge in [0.25, 0.3) is 10.0 Å². The highest BCUT2D eigenvalue weighted by Gasteiger charge is 2.26. The van der Waals surface area contributed by atoms with Gasteiger partial charge in [-0.15, -0.1) is 11.3 Å². The van der Waals surface area contributed by atoms with E-state index in [1.807, 2.05) is 4.72 Å². The number of nitrogens with zero attached hydrogens (tertiary/aromatic N) is 1. The van der Waals surface area contributed by atoms with Crippen molar-refractivity contribution in [1.82, 2.24) is 14.6 Å². The summed E-state index contributed by atoms with van der Waals surface area (Å²) in [5, 5.41) is 11.4. The van der Waals surface area contributed by atoms with Gasteiger partial charge in [-0.2, -0.15) is 0 Å². The minimum absolute atomic E-state index is 0.0494. The molecule has 0 saturated heterocycles. The summed E-state index contributed by atoms with van der Waals surface area (Å²) < 4.78 is 26.6. The summed E-state index contributed by atoms with van der Waals surface area (Å²) >= 11 is 0.834. The summed E-state index contributed by atoms with van der Waals surface area (Å²) in [6, 6.07) is 7.46. The molecule has 0 fully saturated rings. The molecule has 0 aliphatic heterocycles. The molecule has 0 bridgehead atoms. The minimum Gasteiger partial charge on any atom is -0.478 e. The normalized spacial score (nSPS) is 11.4. The van der Waals surface area contributed by atoms with Crippen LogP contribution in [0.1, 0.15) is 15.2 Å². The molecular weight excluding hydrogens is 398 g/mol. The van der Waals surface area contributed by atoms with E-state index in [0.29, 0.717) is 4.88 Å². The molecule has 0 radical (unpaired) electrons. The molecule has 2 amide bonds. The highest BCUT2D eigenvalue weighted by Crippen LogP contribution is 2.25. The van der Waals surface area contributed by atoms with Gasteiger partial charge in [0.15, 0.2) is 0 Å². The van der Waals surface area contributed by atoms with Crippen LogP contribution in [-0.4, -0.2) is 30.1 Å². The van der Waals surface area contributed by atoms with Crippen LogP contribution in [0.4, 0.5) is 4.79 Å². The van der Waals surface area contributed by atoms with E-state index < -0.39 is 33.1 Å². The number of aromatic carboxylic acids is 1. The lowest BCUT2D eigenvalue weighted by Crippen LogP contribution is -2.38. The molecule has 27 heavy (non-hydrogen) atoms. The van der Waals surface area contributed by atoms with Crippen LogP contribution in [0.2, 0.25) is 0 Å². The van der Waals surface area contributed by atoms with E-state index in [1.54, 1.807) is 6.07 Å². The van der Waals surface area contributed by atoms with Crippen LogP contribution in [0.3, 0.4) is 0 Å². The van der Waals surface area contributed by atoms with Gasteiger partial charge in [-0.05, 0) is 18.2 Å². The molecule has 0 aliphatic carbocycles. The fourth-order valence-corrected chi connectivity index (χ4v) is 4.17. The highest BCUT2D eigenvalue weighted by molar-refractivity contribution is 7.90. The first kappa shape index (κ1) is 18.5. The van der Waals surface area contributed by atoms with Crippen LogP contribution < -0.4 is 21.2 Å². The first-order valence-corrected chi connectivity index (χ1v) is 9.61. The van der Waals surface area contributed by atoms with Crippen molar-refractivity contribution in [2.75, 3.05) is 0 Å². The van der Waals surface area contributed by atoms with E-state index in [4.69, 9.17) is 5.11 Å². The van der Waals surface area contributed by atoms with Gasteiger partial charge >= 0.3 is 23.1 Å². The number of nitrogens with one attached hydrogen (secondary N) is 2. The topological polar surface area (TPSA) is 152 Å². The van der Waals surface area contributed by atoms with E-state index in [0.717, 1.165) is 15.9 Å². The second-order valence-electron chi connectivity index (χ2n) is 5.28. The monoisotopic (exact) mass is 409 g/mol. The van der Waals surface area contributed by atoms with Crippen molar-refractivity contribution in [2.45, 2.75) is 11.4 Å². The number of carbonyl (C=O) groups excluding carboxylic acids is 1. The van der Waals surface area contributed by atoms with Gasteiger partial charge in [0.05, 0.1) is 17.0 Å². The van der Waals surface area contributed by atoms with Crippen LogP contribution >= 0.6 is 11.3 Å². The van der Waals surface area contributed by atoms with Crippen molar-refractivity contribution in [3.8, 4) is 5.00 Å². The first-order chi connectivity index (χ1) is 12.7. The summed E-state index contributed by atoms with van der Waals surface area (Å²) in [5.74, 6) is -1.34. The molecule has 2 aromatic heterocycles. The summed E-state index contributed by atoms with van der Waals surface area (Å²) in [6.45, 7) is -0.197. The number of sulfonamides is 1. The minimum atomic E-state index is -4.05. The zero-order chi connectivity index (χ0) is 19.8. The van der Waals surface area contributed by atoms with Gasteiger partial charge in [-0.1, -0.05) is 18.2 Å². The van der Waals surface area contributed by atoms with Crippen LogP contribution in [0, 0.1) is 0 Å². The summed E-state index contributed by atoms with van der Waals surface area (Å²) in [4.78, 5) is 45.7. The lowest BCUT2D eigenvalue weighted by Gasteiger charge is -2.07. The van der Waals surface area contributed by atoms with Crippen LogP contribution in [0.25, 0.3) is 5.00 Å². The van der Waals surface area contributed by atoms with Gasteiger partial charge in [0.1, 0.15) is 5.00 Å². The molecule has 3 rings (SSSR count). The number of carboxylic acids is 1. The number of benzene rings is 1. The number of aromatic nitrogens is 1. The molecule has 2 heterocycles. The van der Waals surface area contributed by atoms with Crippen molar-refractivity contribution in [3.05, 3.63) is 67.5 Å². The maximum Gasteiger partial charge on any atom is 0.338 e. The number of rotatable bonds is 6. The van der Waals surface area contributed by atoms with E-state index in [-0.39, 0.29) is 22.0 Å². The number of amides is 2. The number of thiophene rings is 1. The predicted octanol–water partition coefficient (Wildman–Crippen LogP) is 0.0211. The standard InChI is InChI=1S/C15H11N3O7S2/c19-11-12(20)18(11)13-10(14(21)22)6-8(26-13)7-16-15(23)17-27(24,25)9-4-2-1-3-5-9/h1-6H,7H2,(H,21,22)(H2,16,17,23).